The standard InChI is InChI=1S/C16H27N7O4/c1-9(18-15(24)27-16(4,5)6)8-17-12-10(2)11(3)22-14(13(12)23(25)26)21(7)19-20-22/h9,11,17H,8H2,1-7H3,(H,18,24). The molecule has 2 atom stereocenters. The van der Waals surface area contributed by atoms with Gasteiger partial charge < -0.3 is 15.4 Å². The lowest BCUT2D eigenvalue weighted by Crippen LogP contribution is -2.45. The van der Waals surface area contributed by atoms with E-state index in [0.717, 1.165) is 5.57 Å². The number of nitrogens with zero attached hydrogens (tertiary/aromatic N) is 5. The third-order valence-electron chi connectivity index (χ3n) is 4.16. The lowest BCUT2D eigenvalue weighted by atomic mass is 10.0. The zero-order valence-corrected chi connectivity index (χ0v) is 16.7. The van der Waals surface area contributed by atoms with E-state index in [-0.39, 0.29) is 17.8 Å². The lowest BCUT2D eigenvalue weighted by Gasteiger charge is -2.31. The molecule has 0 saturated carbocycles. The largest absolute Gasteiger partial charge is 0.444 e. The number of amides is 1. The highest BCUT2D eigenvalue weighted by atomic mass is 16.6. The molecule has 0 saturated heterocycles. The Kier molecular flexibility index (Phi) is 5.62. The van der Waals surface area contributed by atoms with Crippen LogP contribution in [0.15, 0.2) is 33.2 Å². The molecule has 27 heavy (non-hydrogen) atoms. The van der Waals surface area contributed by atoms with Gasteiger partial charge in [0.1, 0.15) is 11.3 Å². The number of ether oxygens (including phenoxy) is 1. The van der Waals surface area contributed by atoms with Gasteiger partial charge in [-0.2, -0.15) is 0 Å². The minimum Gasteiger partial charge on any atom is -0.444 e. The summed E-state index contributed by atoms with van der Waals surface area (Å²) < 4.78 is 5.22. The molecule has 11 nitrogen and oxygen atoms in total. The fourth-order valence-electron chi connectivity index (χ4n) is 2.76. The molecule has 2 unspecified atom stereocenters. The van der Waals surface area contributed by atoms with Gasteiger partial charge in [0, 0.05) is 19.6 Å². The molecule has 2 aliphatic rings. The highest BCUT2D eigenvalue weighted by Gasteiger charge is 2.42. The minimum absolute atomic E-state index is 0.0948. The van der Waals surface area contributed by atoms with Crippen molar-refractivity contribution in [3.63, 3.8) is 0 Å². The molecular weight excluding hydrogens is 354 g/mol. The predicted molar refractivity (Wildman–Crippen MR) is 97.5 cm³/mol. The van der Waals surface area contributed by atoms with Crippen LogP contribution in [0.3, 0.4) is 0 Å². The van der Waals surface area contributed by atoms with Crippen molar-refractivity contribution >= 4 is 6.09 Å². The highest BCUT2D eigenvalue weighted by molar-refractivity contribution is 5.68. The molecule has 0 bridgehead atoms. The summed E-state index contributed by atoms with van der Waals surface area (Å²) in [4.78, 5) is 23.2. The second-order valence-electron chi connectivity index (χ2n) is 7.64. The maximum Gasteiger partial charge on any atom is 0.407 e. The number of nitrogens with one attached hydrogen (secondary N) is 2. The normalized spacial score (nSPS) is 20.6. The fourth-order valence-corrected chi connectivity index (χ4v) is 2.76. The van der Waals surface area contributed by atoms with Crippen LogP contribution in [0.2, 0.25) is 0 Å². The van der Waals surface area contributed by atoms with E-state index in [4.69, 9.17) is 4.74 Å². The van der Waals surface area contributed by atoms with Gasteiger partial charge in [-0.25, -0.2) is 14.8 Å². The number of fused-ring (bicyclic) bond motifs is 1. The van der Waals surface area contributed by atoms with Crippen molar-refractivity contribution in [1.29, 1.82) is 0 Å². The summed E-state index contributed by atoms with van der Waals surface area (Å²) in [5.41, 5.74) is 0.490. The number of hydrogen-bond acceptors (Lipinski definition) is 9. The van der Waals surface area contributed by atoms with E-state index >= 15 is 0 Å². The summed E-state index contributed by atoms with van der Waals surface area (Å²) >= 11 is 0. The number of alkyl carbamates (subject to hydrolysis) is 1. The molecule has 0 radical (unpaired) electrons. The van der Waals surface area contributed by atoms with Gasteiger partial charge in [-0.05, 0) is 57.6 Å². The molecule has 0 fully saturated rings. The van der Waals surface area contributed by atoms with E-state index in [2.05, 4.69) is 21.1 Å². The van der Waals surface area contributed by atoms with Crippen molar-refractivity contribution in [2.45, 2.75) is 59.2 Å². The van der Waals surface area contributed by atoms with Crippen LogP contribution in [-0.4, -0.2) is 52.3 Å². The zero-order chi connectivity index (χ0) is 20.5. The molecule has 2 aliphatic heterocycles. The van der Waals surface area contributed by atoms with Crippen LogP contribution in [0, 0.1) is 10.1 Å². The van der Waals surface area contributed by atoms with Crippen molar-refractivity contribution in [3.05, 3.63) is 32.9 Å². The van der Waals surface area contributed by atoms with Crippen LogP contribution < -0.4 is 10.6 Å². The molecular formula is C16H27N7O4. The molecule has 11 heteroatoms. The Morgan fingerprint density at radius 3 is 2.59 bits per heavy atom. The van der Waals surface area contributed by atoms with Crippen LogP contribution in [0.4, 0.5) is 4.79 Å². The maximum atomic E-state index is 11.9. The molecule has 2 rings (SSSR count). The third kappa shape index (κ3) is 4.47. The number of nitro groups is 1. The molecule has 1 amide bonds. The van der Waals surface area contributed by atoms with Crippen molar-refractivity contribution in [2.24, 2.45) is 10.4 Å². The van der Waals surface area contributed by atoms with Gasteiger partial charge in [-0.3, -0.25) is 10.1 Å². The van der Waals surface area contributed by atoms with Gasteiger partial charge in [-0.1, -0.05) is 0 Å². The quantitative estimate of drug-likeness (QED) is 0.552. The van der Waals surface area contributed by atoms with Crippen molar-refractivity contribution in [3.8, 4) is 0 Å². The fraction of sp³-hybridized carbons (Fsp3) is 0.688. The van der Waals surface area contributed by atoms with E-state index in [1.54, 1.807) is 34.7 Å². The average Bonchev–Trinajstić information content (AvgIpc) is 2.88. The van der Waals surface area contributed by atoms with Crippen LogP contribution >= 0.6 is 0 Å². The summed E-state index contributed by atoms with van der Waals surface area (Å²) in [6.07, 6.45) is -0.535. The molecule has 150 valence electrons. The summed E-state index contributed by atoms with van der Waals surface area (Å²) in [5.74, 6) is 0.313. The van der Waals surface area contributed by atoms with E-state index in [9.17, 15) is 14.9 Å². The number of carbonyl (C=O) groups is 1. The van der Waals surface area contributed by atoms with Crippen molar-refractivity contribution in [2.75, 3.05) is 13.6 Å². The Morgan fingerprint density at radius 1 is 1.41 bits per heavy atom. The predicted octanol–water partition coefficient (Wildman–Crippen LogP) is 2.14. The van der Waals surface area contributed by atoms with Crippen molar-refractivity contribution < 1.29 is 14.5 Å². The number of carbonyl (C=O) groups excluding carboxylic acids is 1. The van der Waals surface area contributed by atoms with Crippen LogP contribution in [0.1, 0.15) is 41.5 Å². The van der Waals surface area contributed by atoms with E-state index in [1.807, 2.05) is 13.8 Å². The highest BCUT2D eigenvalue weighted by Crippen LogP contribution is 2.35. The molecule has 0 aromatic heterocycles. The van der Waals surface area contributed by atoms with E-state index < -0.39 is 16.6 Å². The Hall–Kier alpha value is -2.85. The smallest absolute Gasteiger partial charge is 0.407 e. The first kappa shape index (κ1) is 20.5. The summed E-state index contributed by atoms with van der Waals surface area (Å²) in [6.45, 7) is 11.1. The Balaban J connectivity index is 2.14. The van der Waals surface area contributed by atoms with Crippen molar-refractivity contribution in [1.82, 2.24) is 20.7 Å². The second kappa shape index (κ2) is 7.41. The van der Waals surface area contributed by atoms with E-state index in [0.29, 0.717) is 18.1 Å². The Labute approximate surface area is 158 Å². The molecule has 2 N–H and O–H groups in total. The average molecular weight is 381 g/mol. The topological polar surface area (TPSA) is 125 Å². The molecule has 0 aromatic rings. The molecule has 2 heterocycles. The summed E-state index contributed by atoms with van der Waals surface area (Å²) in [6, 6.07) is -0.490. The van der Waals surface area contributed by atoms with Gasteiger partial charge >= 0.3 is 11.8 Å². The zero-order valence-electron chi connectivity index (χ0n) is 16.7. The molecule has 0 spiro atoms. The van der Waals surface area contributed by atoms with Gasteiger partial charge in [0.15, 0.2) is 0 Å². The maximum absolute atomic E-state index is 11.9. The van der Waals surface area contributed by atoms with Crippen LogP contribution in [0.25, 0.3) is 0 Å². The third-order valence-corrected chi connectivity index (χ3v) is 4.16. The lowest BCUT2D eigenvalue weighted by molar-refractivity contribution is -0.425. The molecule has 0 aromatic carbocycles. The number of rotatable bonds is 5. The van der Waals surface area contributed by atoms with Gasteiger partial charge in [-0.15, -0.1) is 0 Å². The Morgan fingerprint density at radius 2 is 2.04 bits per heavy atom. The van der Waals surface area contributed by atoms with E-state index in [1.165, 1.54) is 10.0 Å². The van der Waals surface area contributed by atoms with Crippen LogP contribution in [0.5, 0.6) is 0 Å². The van der Waals surface area contributed by atoms with Gasteiger partial charge in [0.25, 0.3) is 0 Å². The first-order valence-electron chi connectivity index (χ1n) is 8.70. The summed E-state index contributed by atoms with van der Waals surface area (Å²) in [7, 11) is 1.61. The minimum atomic E-state index is -0.595. The number of hydrogen-bond donors (Lipinski definition) is 2. The second-order valence-corrected chi connectivity index (χ2v) is 7.64. The summed E-state index contributed by atoms with van der Waals surface area (Å²) in [5, 5.41) is 28.3. The molecule has 0 aliphatic carbocycles. The Bertz CT molecular complexity index is 723. The first-order chi connectivity index (χ1) is 12.4. The van der Waals surface area contributed by atoms with Gasteiger partial charge in [0.05, 0.1) is 11.0 Å². The monoisotopic (exact) mass is 381 g/mol. The van der Waals surface area contributed by atoms with Gasteiger partial charge in [0.2, 0.25) is 5.82 Å². The van der Waals surface area contributed by atoms with Crippen LogP contribution in [-0.2, 0) is 4.74 Å². The SMILES string of the molecule is CC1=C(NCC(C)NC(=O)OC(C)(C)C)C([N+](=O)[O-])=C2N(C)N=NN2C1C. The first-order valence-corrected chi connectivity index (χ1v) is 8.70.